The SMILES string of the molecule is CC(C)(C)SCC(=O)N1CCCC(CO)C1. The molecule has 1 saturated heterocycles. The standard InChI is InChI=1S/C12H23NO2S/c1-12(2,3)16-9-11(15)13-6-4-5-10(7-13)8-14/h10,14H,4-9H2,1-3H3. The number of hydrogen-bond acceptors (Lipinski definition) is 3. The van der Waals surface area contributed by atoms with Gasteiger partial charge in [0.05, 0.1) is 5.75 Å². The van der Waals surface area contributed by atoms with Gasteiger partial charge in [-0.05, 0) is 18.8 Å². The summed E-state index contributed by atoms with van der Waals surface area (Å²) in [5, 5.41) is 9.11. The maximum absolute atomic E-state index is 11.9. The molecule has 1 aliphatic heterocycles. The van der Waals surface area contributed by atoms with Crippen LogP contribution in [0.4, 0.5) is 0 Å². The number of aliphatic hydroxyl groups excluding tert-OH is 1. The Morgan fingerprint density at radius 2 is 2.19 bits per heavy atom. The van der Waals surface area contributed by atoms with Crippen LogP contribution in [0, 0.1) is 5.92 Å². The number of amides is 1. The van der Waals surface area contributed by atoms with Gasteiger partial charge in [0, 0.05) is 24.4 Å². The number of likely N-dealkylation sites (tertiary alicyclic amines) is 1. The van der Waals surface area contributed by atoms with Gasteiger partial charge in [-0.1, -0.05) is 20.8 Å². The van der Waals surface area contributed by atoms with Gasteiger partial charge in [-0.25, -0.2) is 0 Å². The van der Waals surface area contributed by atoms with Crippen LogP contribution in [-0.4, -0.2) is 46.1 Å². The second-order valence-electron chi connectivity index (χ2n) is 5.43. The first-order chi connectivity index (χ1) is 7.42. The van der Waals surface area contributed by atoms with E-state index in [9.17, 15) is 4.79 Å². The molecule has 0 saturated carbocycles. The summed E-state index contributed by atoms with van der Waals surface area (Å²) in [6.45, 7) is 8.17. The minimum Gasteiger partial charge on any atom is -0.396 e. The van der Waals surface area contributed by atoms with E-state index in [2.05, 4.69) is 20.8 Å². The Morgan fingerprint density at radius 3 is 2.75 bits per heavy atom. The van der Waals surface area contributed by atoms with E-state index in [1.165, 1.54) is 0 Å². The second kappa shape index (κ2) is 5.92. The molecule has 1 aliphatic rings. The van der Waals surface area contributed by atoms with E-state index in [-0.39, 0.29) is 23.2 Å². The molecule has 1 rings (SSSR count). The van der Waals surface area contributed by atoms with Gasteiger partial charge in [0.2, 0.25) is 5.91 Å². The molecular formula is C12H23NO2S. The van der Waals surface area contributed by atoms with E-state index in [0.29, 0.717) is 5.75 Å². The number of aliphatic hydroxyl groups is 1. The van der Waals surface area contributed by atoms with Crippen molar-refractivity contribution in [3.8, 4) is 0 Å². The fraction of sp³-hybridized carbons (Fsp3) is 0.917. The summed E-state index contributed by atoms with van der Waals surface area (Å²) in [7, 11) is 0. The van der Waals surface area contributed by atoms with E-state index < -0.39 is 0 Å². The zero-order chi connectivity index (χ0) is 12.2. The molecule has 16 heavy (non-hydrogen) atoms. The lowest BCUT2D eigenvalue weighted by atomic mass is 9.99. The van der Waals surface area contributed by atoms with Crippen molar-refractivity contribution in [2.45, 2.75) is 38.4 Å². The molecule has 1 N–H and O–H groups in total. The van der Waals surface area contributed by atoms with Gasteiger partial charge in [-0.3, -0.25) is 4.79 Å². The van der Waals surface area contributed by atoms with Crippen LogP contribution in [0.5, 0.6) is 0 Å². The molecule has 0 aromatic carbocycles. The largest absolute Gasteiger partial charge is 0.396 e. The van der Waals surface area contributed by atoms with Crippen molar-refractivity contribution >= 4 is 17.7 Å². The Labute approximate surface area is 103 Å². The minimum atomic E-state index is 0.141. The third-order valence-corrected chi connectivity index (χ3v) is 4.02. The summed E-state index contributed by atoms with van der Waals surface area (Å²) in [6, 6.07) is 0. The second-order valence-corrected chi connectivity index (χ2v) is 7.23. The van der Waals surface area contributed by atoms with Crippen LogP contribution >= 0.6 is 11.8 Å². The first-order valence-electron chi connectivity index (χ1n) is 5.95. The number of carbonyl (C=O) groups excluding carboxylic acids is 1. The number of nitrogens with zero attached hydrogens (tertiary/aromatic N) is 1. The molecule has 1 heterocycles. The molecule has 1 atom stereocenters. The van der Waals surface area contributed by atoms with Crippen molar-refractivity contribution in [3.05, 3.63) is 0 Å². The first kappa shape index (κ1) is 13.8. The third kappa shape index (κ3) is 4.74. The normalized spacial score (nSPS) is 22.2. The Balaban J connectivity index is 2.36. The molecular weight excluding hydrogens is 222 g/mol. The van der Waals surface area contributed by atoms with Gasteiger partial charge >= 0.3 is 0 Å². The van der Waals surface area contributed by atoms with E-state index in [4.69, 9.17) is 5.11 Å². The predicted molar refractivity (Wildman–Crippen MR) is 68.6 cm³/mol. The molecule has 1 fully saturated rings. The Hall–Kier alpha value is -0.220. The Kier molecular flexibility index (Phi) is 5.12. The van der Waals surface area contributed by atoms with Crippen molar-refractivity contribution in [2.24, 2.45) is 5.92 Å². The number of carbonyl (C=O) groups is 1. The molecule has 4 heteroatoms. The van der Waals surface area contributed by atoms with Gasteiger partial charge in [-0.15, -0.1) is 11.8 Å². The van der Waals surface area contributed by atoms with Gasteiger partial charge in [0.1, 0.15) is 0 Å². The highest BCUT2D eigenvalue weighted by Crippen LogP contribution is 2.24. The summed E-state index contributed by atoms with van der Waals surface area (Å²) in [5.41, 5.74) is 0. The Morgan fingerprint density at radius 1 is 1.50 bits per heavy atom. The zero-order valence-electron chi connectivity index (χ0n) is 10.5. The van der Waals surface area contributed by atoms with Crippen LogP contribution in [0.25, 0.3) is 0 Å². The van der Waals surface area contributed by atoms with Crippen molar-refractivity contribution in [3.63, 3.8) is 0 Å². The summed E-state index contributed by atoms with van der Waals surface area (Å²) < 4.78 is 0.141. The lowest BCUT2D eigenvalue weighted by Gasteiger charge is -2.32. The quantitative estimate of drug-likeness (QED) is 0.823. The lowest BCUT2D eigenvalue weighted by Crippen LogP contribution is -2.42. The van der Waals surface area contributed by atoms with E-state index >= 15 is 0 Å². The van der Waals surface area contributed by atoms with Crippen molar-refractivity contribution in [1.82, 2.24) is 4.90 Å². The fourth-order valence-electron chi connectivity index (χ4n) is 1.81. The highest BCUT2D eigenvalue weighted by Gasteiger charge is 2.24. The summed E-state index contributed by atoms with van der Waals surface area (Å²) in [6.07, 6.45) is 2.07. The molecule has 0 aliphatic carbocycles. The smallest absolute Gasteiger partial charge is 0.232 e. The topological polar surface area (TPSA) is 40.5 Å². The number of hydrogen-bond donors (Lipinski definition) is 1. The number of thioether (sulfide) groups is 1. The molecule has 0 bridgehead atoms. The molecule has 0 aromatic heterocycles. The highest BCUT2D eigenvalue weighted by molar-refractivity contribution is 8.01. The van der Waals surface area contributed by atoms with Crippen molar-refractivity contribution in [2.75, 3.05) is 25.4 Å². The van der Waals surface area contributed by atoms with Crippen LogP contribution in [0.15, 0.2) is 0 Å². The minimum absolute atomic E-state index is 0.141. The molecule has 0 spiro atoms. The maximum atomic E-state index is 11.9. The van der Waals surface area contributed by atoms with Crippen LogP contribution in [0.1, 0.15) is 33.6 Å². The van der Waals surface area contributed by atoms with Gasteiger partial charge in [0.15, 0.2) is 0 Å². The van der Waals surface area contributed by atoms with Gasteiger partial charge in [0.25, 0.3) is 0 Å². The monoisotopic (exact) mass is 245 g/mol. The number of rotatable bonds is 3. The van der Waals surface area contributed by atoms with Crippen LogP contribution in [0.3, 0.4) is 0 Å². The van der Waals surface area contributed by atoms with E-state index in [1.807, 2.05) is 4.90 Å². The summed E-state index contributed by atoms with van der Waals surface area (Å²) in [4.78, 5) is 13.8. The predicted octanol–water partition coefficient (Wildman–Crippen LogP) is 1.75. The number of piperidine rings is 1. The van der Waals surface area contributed by atoms with Crippen LogP contribution in [-0.2, 0) is 4.79 Å². The molecule has 1 amide bonds. The van der Waals surface area contributed by atoms with Crippen LogP contribution in [0.2, 0.25) is 0 Å². The van der Waals surface area contributed by atoms with Gasteiger partial charge < -0.3 is 10.0 Å². The first-order valence-corrected chi connectivity index (χ1v) is 6.93. The lowest BCUT2D eigenvalue weighted by molar-refractivity contribution is -0.130. The molecule has 0 aromatic rings. The zero-order valence-corrected chi connectivity index (χ0v) is 11.3. The van der Waals surface area contributed by atoms with E-state index in [0.717, 1.165) is 25.9 Å². The average Bonchev–Trinajstić information content (AvgIpc) is 2.25. The summed E-state index contributed by atoms with van der Waals surface area (Å²) in [5.74, 6) is 1.07. The fourth-order valence-corrected chi connectivity index (χ4v) is 2.55. The third-order valence-electron chi connectivity index (χ3n) is 2.76. The molecule has 0 radical (unpaired) electrons. The van der Waals surface area contributed by atoms with Crippen LogP contribution < -0.4 is 0 Å². The average molecular weight is 245 g/mol. The molecule has 3 nitrogen and oxygen atoms in total. The summed E-state index contributed by atoms with van der Waals surface area (Å²) >= 11 is 1.69. The highest BCUT2D eigenvalue weighted by atomic mass is 32.2. The van der Waals surface area contributed by atoms with E-state index in [1.54, 1.807) is 11.8 Å². The van der Waals surface area contributed by atoms with Crippen molar-refractivity contribution < 1.29 is 9.90 Å². The maximum Gasteiger partial charge on any atom is 0.232 e. The molecule has 1 unspecified atom stereocenters. The van der Waals surface area contributed by atoms with Crippen molar-refractivity contribution in [1.29, 1.82) is 0 Å². The Bertz CT molecular complexity index is 238. The molecule has 94 valence electrons. The van der Waals surface area contributed by atoms with Gasteiger partial charge in [-0.2, -0.15) is 0 Å².